The van der Waals surface area contributed by atoms with E-state index < -0.39 is 0 Å². The lowest BCUT2D eigenvalue weighted by Gasteiger charge is -2.21. The summed E-state index contributed by atoms with van der Waals surface area (Å²) >= 11 is 0. The molecule has 0 aliphatic carbocycles. The van der Waals surface area contributed by atoms with E-state index in [1.54, 1.807) is 7.11 Å². The highest BCUT2D eigenvalue weighted by atomic mass is 16.5. The van der Waals surface area contributed by atoms with Gasteiger partial charge in [-0.2, -0.15) is 0 Å². The SMILES string of the molecule is CNC(C)c1ccc(N(C)c2ccc(OC)cc2)cc1. The van der Waals surface area contributed by atoms with E-state index in [1.165, 1.54) is 11.3 Å². The molecule has 0 aromatic heterocycles. The van der Waals surface area contributed by atoms with Crippen molar-refractivity contribution in [3.05, 3.63) is 54.1 Å². The zero-order valence-corrected chi connectivity index (χ0v) is 12.6. The van der Waals surface area contributed by atoms with Gasteiger partial charge in [0.05, 0.1) is 7.11 Å². The van der Waals surface area contributed by atoms with E-state index in [-0.39, 0.29) is 0 Å². The molecule has 2 aromatic rings. The van der Waals surface area contributed by atoms with Crippen molar-refractivity contribution < 1.29 is 4.74 Å². The maximum Gasteiger partial charge on any atom is 0.119 e. The molecule has 20 heavy (non-hydrogen) atoms. The minimum atomic E-state index is 0.371. The third-order valence-electron chi connectivity index (χ3n) is 3.67. The molecule has 106 valence electrons. The fourth-order valence-electron chi connectivity index (χ4n) is 2.11. The number of anilines is 2. The van der Waals surface area contributed by atoms with Gasteiger partial charge in [-0.15, -0.1) is 0 Å². The minimum Gasteiger partial charge on any atom is -0.497 e. The molecule has 1 atom stereocenters. The van der Waals surface area contributed by atoms with Crippen LogP contribution >= 0.6 is 0 Å². The number of nitrogens with one attached hydrogen (secondary N) is 1. The Bertz CT molecular complexity index is 534. The molecule has 1 unspecified atom stereocenters. The van der Waals surface area contributed by atoms with E-state index in [4.69, 9.17) is 4.74 Å². The first-order chi connectivity index (χ1) is 9.65. The number of benzene rings is 2. The number of ether oxygens (including phenoxy) is 1. The highest BCUT2D eigenvalue weighted by Crippen LogP contribution is 2.26. The molecule has 2 rings (SSSR count). The van der Waals surface area contributed by atoms with Crippen LogP contribution < -0.4 is 15.0 Å². The molecule has 3 heteroatoms. The van der Waals surface area contributed by atoms with Crippen LogP contribution in [0.5, 0.6) is 5.75 Å². The average molecular weight is 270 g/mol. The summed E-state index contributed by atoms with van der Waals surface area (Å²) in [6.45, 7) is 2.15. The lowest BCUT2D eigenvalue weighted by molar-refractivity contribution is 0.415. The molecular weight excluding hydrogens is 248 g/mol. The van der Waals surface area contributed by atoms with Crippen molar-refractivity contribution in [3.63, 3.8) is 0 Å². The van der Waals surface area contributed by atoms with Gasteiger partial charge in [0, 0.05) is 24.5 Å². The molecule has 0 spiro atoms. The number of methoxy groups -OCH3 is 1. The maximum atomic E-state index is 5.18. The topological polar surface area (TPSA) is 24.5 Å². The Balaban J connectivity index is 2.17. The number of hydrogen-bond donors (Lipinski definition) is 1. The predicted molar refractivity (Wildman–Crippen MR) is 85.0 cm³/mol. The van der Waals surface area contributed by atoms with Gasteiger partial charge in [-0.1, -0.05) is 12.1 Å². The monoisotopic (exact) mass is 270 g/mol. The van der Waals surface area contributed by atoms with Gasteiger partial charge in [-0.3, -0.25) is 0 Å². The van der Waals surface area contributed by atoms with Gasteiger partial charge in [0.25, 0.3) is 0 Å². The van der Waals surface area contributed by atoms with Crippen molar-refractivity contribution in [2.24, 2.45) is 0 Å². The Hall–Kier alpha value is -2.00. The summed E-state index contributed by atoms with van der Waals surface area (Å²) in [5, 5.41) is 3.25. The van der Waals surface area contributed by atoms with Gasteiger partial charge in [0.2, 0.25) is 0 Å². The van der Waals surface area contributed by atoms with Crippen molar-refractivity contribution >= 4 is 11.4 Å². The molecule has 0 aliphatic heterocycles. The lowest BCUT2D eigenvalue weighted by Crippen LogP contribution is -2.13. The summed E-state index contributed by atoms with van der Waals surface area (Å²) in [5.41, 5.74) is 3.60. The fraction of sp³-hybridized carbons (Fsp3) is 0.294. The first-order valence-corrected chi connectivity index (χ1v) is 6.80. The Morgan fingerprint density at radius 1 is 0.950 bits per heavy atom. The molecule has 1 N–H and O–H groups in total. The van der Waals surface area contributed by atoms with Crippen LogP contribution in [-0.2, 0) is 0 Å². The van der Waals surface area contributed by atoms with Gasteiger partial charge in [0.15, 0.2) is 0 Å². The Morgan fingerprint density at radius 3 is 1.90 bits per heavy atom. The molecule has 0 heterocycles. The third-order valence-corrected chi connectivity index (χ3v) is 3.67. The summed E-state index contributed by atoms with van der Waals surface area (Å²) < 4.78 is 5.18. The van der Waals surface area contributed by atoms with Gasteiger partial charge in [0.1, 0.15) is 5.75 Å². The van der Waals surface area contributed by atoms with E-state index >= 15 is 0 Å². The van der Waals surface area contributed by atoms with Gasteiger partial charge in [-0.05, 0) is 55.9 Å². The number of rotatable bonds is 5. The molecule has 0 saturated heterocycles. The molecular formula is C17H22N2O. The van der Waals surface area contributed by atoms with E-state index in [0.717, 1.165) is 11.4 Å². The normalized spacial score (nSPS) is 12.0. The average Bonchev–Trinajstić information content (AvgIpc) is 2.53. The maximum absolute atomic E-state index is 5.18. The fourth-order valence-corrected chi connectivity index (χ4v) is 2.11. The van der Waals surface area contributed by atoms with E-state index in [1.807, 2.05) is 19.2 Å². The summed E-state index contributed by atoms with van der Waals surface area (Å²) in [7, 11) is 5.72. The minimum absolute atomic E-state index is 0.371. The molecule has 3 nitrogen and oxygen atoms in total. The van der Waals surface area contributed by atoms with E-state index in [2.05, 4.69) is 60.6 Å². The highest BCUT2D eigenvalue weighted by molar-refractivity contribution is 5.63. The van der Waals surface area contributed by atoms with Crippen LogP contribution in [0.25, 0.3) is 0 Å². The zero-order chi connectivity index (χ0) is 14.5. The van der Waals surface area contributed by atoms with Crippen molar-refractivity contribution in [2.75, 3.05) is 26.1 Å². The second-order valence-electron chi connectivity index (χ2n) is 4.86. The molecule has 2 aromatic carbocycles. The van der Waals surface area contributed by atoms with E-state index in [0.29, 0.717) is 6.04 Å². The van der Waals surface area contributed by atoms with Crippen molar-refractivity contribution in [1.29, 1.82) is 0 Å². The molecule has 0 bridgehead atoms. The first-order valence-electron chi connectivity index (χ1n) is 6.80. The van der Waals surface area contributed by atoms with Crippen LogP contribution in [0.4, 0.5) is 11.4 Å². The second-order valence-corrected chi connectivity index (χ2v) is 4.86. The van der Waals surface area contributed by atoms with Crippen LogP contribution in [-0.4, -0.2) is 21.2 Å². The standard InChI is InChI=1S/C17H22N2O/c1-13(18-2)14-5-7-15(8-6-14)19(3)16-9-11-17(20-4)12-10-16/h5-13,18H,1-4H3. The second kappa shape index (κ2) is 6.44. The molecule has 0 fully saturated rings. The quantitative estimate of drug-likeness (QED) is 0.895. The van der Waals surface area contributed by atoms with Gasteiger partial charge >= 0.3 is 0 Å². The van der Waals surface area contributed by atoms with Crippen LogP contribution in [0.1, 0.15) is 18.5 Å². The van der Waals surface area contributed by atoms with Crippen LogP contribution in [0.2, 0.25) is 0 Å². The number of nitrogens with zero attached hydrogens (tertiary/aromatic N) is 1. The largest absolute Gasteiger partial charge is 0.497 e. The third kappa shape index (κ3) is 3.11. The van der Waals surface area contributed by atoms with Crippen LogP contribution in [0.15, 0.2) is 48.5 Å². The Labute approximate surface area is 121 Å². The van der Waals surface area contributed by atoms with Gasteiger partial charge < -0.3 is 15.0 Å². The van der Waals surface area contributed by atoms with Crippen LogP contribution in [0.3, 0.4) is 0 Å². The zero-order valence-electron chi connectivity index (χ0n) is 12.6. The highest BCUT2D eigenvalue weighted by Gasteiger charge is 2.06. The summed E-state index contributed by atoms with van der Waals surface area (Å²) in [5.74, 6) is 0.875. The van der Waals surface area contributed by atoms with Gasteiger partial charge in [-0.25, -0.2) is 0 Å². The molecule has 0 saturated carbocycles. The smallest absolute Gasteiger partial charge is 0.119 e. The summed E-state index contributed by atoms with van der Waals surface area (Å²) in [6.07, 6.45) is 0. The predicted octanol–water partition coefficient (Wildman–Crippen LogP) is 3.74. The first kappa shape index (κ1) is 14.4. The molecule has 0 radical (unpaired) electrons. The molecule has 0 aliphatic rings. The van der Waals surface area contributed by atoms with Crippen molar-refractivity contribution in [2.45, 2.75) is 13.0 Å². The number of hydrogen-bond acceptors (Lipinski definition) is 3. The van der Waals surface area contributed by atoms with Crippen molar-refractivity contribution in [3.8, 4) is 5.75 Å². The van der Waals surface area contributed by atoms with E-state index in [9.17, 15) is 0 Å². The summed E-state index contributed by atoms with van der Waals surface area (Å²) in [4.78, 5) is 2.16. The molecule has 0 amide bonds. The van der Waals surface area contributed by atoms with Crippen LogP contribution in [0, 0.1) is 0 Å². The van der Waals surface area contributed by atoms with Crippen molar-refractivity contribution in [1.82, 2.24) is 5.32 Å². The summed E-state index contributed by atoms with van der Waals surface area (Å²) in [6, 6.07) is 17.1. The lowest BCUT2D eigenvalue weighted by atomic mass is 10.1. The Morgan fingerprint density at radius 2 is 1.45 bits per heavy atom. The Kier molecular flexibility index (Phi) is 4.64.